The number of carbonyl (C=O) groups excluding carboxylic acids is 1. The number of thiazole rings is 1. The van der Waals surface area contributed by atoms with Crippen LogP contribution in [0.25, 0.3) is 0 Å². The first-order chi connectivity index (χ1) is 15.4. The van der Waals surface area contributed by atoms with Crippen LogP contribution in [0.1, 0.15) is 16.5 Å². The number of anilines is 1. The number of benzene rings is 2. The van der Waals surface area contributed by atoms with Crippen LogP contribution >= 0.6 is 22.7 Å². The van der Waals surface area contributed by atoms with Gasteiger partial charge < -0.3 is 5.32 Å². The number of carbonyl (C=O) groups is 1. The number of nitrogens with zero attached hydrogens (tertiary/aromatic N) is 2. The van der Waals surface area contributed by atoms with Crippen molar-refractivity contribution in [1.29, 1.82) is 0 Å². The van der Waals surface area contributed by atoms with Gasteiger partial charge >= 0.3 is 0 Å². The Morgan fingerprint density at radius 2 is 1.75 bits per heavy atom. The van der Waals surface area contributed by atoms with Crippen molar-refractivity contribution in [2.75, 3.05) is 10.8 Å². The van der Waals surface area contributed by atoms with E-state index in [1.807, 2.05) is 17.5 Å². The number of sulfonamides is 1. The number of halogens is 1. The summed E-state index contributed by atoms with van der Waals surface area (Å²) in [6, 6.07) is 16.9. The molecule has 0 aliphatic carbocycles. The number of hydrogen-bond acceptors (Lipinski definition) is 6. The molecule has 1 amide bonds. The van der Waals surface area contributed by atoms with Gasteiger partial charge in [-0.15, -0.1) is 22.7 Å². The molecule has 164 valence electrons. The Morgan fingerprint density at radius 1 is 1.00 bits per heavy atom. The third-order valence-electron chi connectivity index (χ3n) is 4.59. The zero-order chi connectivity index (χ0) is 22.6. The van der Waals surface area contributed by atoms with E-state index in [2.05, 4.69) is 10.3 Å². The standard InChI is InChI=1S/C22H18FN3O3S3/c23-17-10-8-16(9-11-17)21(19-7-4-13-30-19)25-20(27)15-26(22-24-12-14-31-22)32(28,29)18-5-2-1-3-6-18/h1-14,21H,15H2,(H,25,27)/t21-/m0/s1. The predicted molar refractivity (Wildman–Crippen MR) is 124 cm³/mol. The van der Waals surface area contributed by atoms with E-state index in [9.17, 15) is 17.6 Å². The number of amides is 1. The molecule has 0 saturated heterocycles. The monoisotopic (exact) mass is 487 g/mol. The minimum absolute atomic E-state index is 0.0661. The Labute approximate surface area is 193 Å². The first-order valence-electron chi connectivity index (χ1n) is 9.50. The van der Waals surface area contributed by atoms with Gasteiger partial charge in [0.1, 0.15) is 12.4 Å². The van der Waals surface area contributed by atoms with Crippen molar-refractivity contribution in [1.82, 2.24) is 10.3 Å². The lowest BCUT2D eigenvalue weighted by Crippen LogP contribution is -2.42. The van der Waals surface area contributed by atoms with E-state index in [0.29, 0.717) is 5.56 Å². The van der Waals surface area contributed by atoms with Gasteiger partial charge in [-0.25, -0.2) is 22.1 Å². The highest BCUT2D eigenvalue weighted by Crippen LogP contribution is 2.28. The summed E-state index contributed by atoms with van der Waals surface area (Å²) in [5, 5.41) is 6.61. The van der Waals surface area contributed by atoms with E-state index in [1.54, 1.807) is 35.7 Å². The van der Waals surface area contributed by atoms with Gasteiger partial charge in [-0.3, -0.25) is 4.79 Å². The molecule has 1 atom stereocenters. The predicted octanol–water partition coefficient (Wildman–Crippen LogP) is 4.44. The maximum atomic E-state index is 13.4. The van der Waals surface area contributed by atoms with E-state index < -0.39 is 28.5 Å². The Kier molecular flexibility index (Phi) is 6.63. The molecule has 0 spiro atoms. The number of hydrogen-bond donors (Lipinski definition) is 1. The SMILES string of the molecule is O=C(CN(c1nccs1)S(=O)(=O)c1ccccc1)N[C@@H](c1ccc(F)cc1)c1cccs1. The molecule has 0 saturated carbocycles. The summed E-state index contributed by atoms with van der Waals surface area (Å²) in [4.78, 5) is 18.1. The highest BCUT2D eigenvalue weighted by Gasteiger charge is 2.30. The fourth-order valence-corrected chi connectivity index (χ4v) is 6.15. The molecule has 10 heteroatoms. The van der Waals surface area contributed by atoms with Gasteiger partial charge in [-0.05, 0) is 41.3 Å². The summed E-state index contributed by atoms with van der Waals surface area (Å²) in [5.74, 6) is -0.892. The molecule has 2 aromatic heterocycles. The minimum atomic E-state index is -4.01. The highest BCUT2D eigenvalue weighted by molar-refractivity contribution is 7.93. The summed E-state index contributed by atoms with van der Waals surface area (Å²) in [7, 11) is -4.01. The van der Waals surface area contributed by atoms with Crippen LogP contribution in [-0.2, 0) is 14.8 Å². The number of rotatable bonds is 8. The zero-order valence-electron chi connectivity index (χ0n) is 16.6. The van der Waals surface area contributed by atoms with E-state index in [-0.39, 0.29) is 15.8 Å². The summed E-state index contributed by atoms with van der Waals surface area (Å²) >= 11 is 2.57. The number of thiophene rings is 1. The quantitative estimate of drug-likeness (QED) is 0.398. The highest BCUT2D eigenvalue weighted by atomic mass is 32.2. The molecular formula is C22H18FN3O3S3. The van der Waals surface area contributed by atoms with Crippen LogP contribution in [0.5, 0.6) is 0 Å². The molecule has 0 unspecified atom stereocenters. The van der Waals surface area contributed by atoms with Gasteiger partial charge in [-0.1, -0.05) is 36.4 Å². The van der Waals surface area contributed by atoms with Crippen LogP contribution in [0.4, 0.5) is 9.52 Å². The van der Waals surface area contributed by atoms with Crippen LogP contribution in [0.15, 0.2) is 88.6 Å². The molecule has 1 N–H and O–H groups in total. The fraction of sp³-hybridized carbons (Fsp3) is 0.0909. The largest absolute Gasteiger partial charge is 0.343 e. The second kappa shape index (κ2) is 9.60. The van der Waals surface area contributed by atoms with Crippen LogP contribution in [0.2, 0.25) is 0 Å². The van der Waals surface area contributed by atoms with Crippen molar-refractivity contribution < 1.29 is 17.6 Å². The summed E-state index contributed by atoms with van der Waals surface area (Å²) in [6.45, 7) is -0.451. The number of nitrogens with one attached hydrogen (secondary N) is 1. The normalized spacial score (nSPS) is 12.3. The third kappa shape index (κ3) is 4.87. The number of aromatic nitrogens is 1. The second-order valence-electron chi connectivity index (χ2n) is 6.71. The van der Waals surface area contributed by atoms with Gasteiger partial charge in [0, 0.05) is 16.5 Å². The molecule has 0 radical (unpaired) electrons. The second-order valence-corrected chi connectivity index (χ2v) is 10.4. The maximum Gasteiger partial charge on any atom is 0.266 e. The Morgan fingerprint density at radius 3 is 2.38 bits per heavy atom. The van der Waals surface area contributed by atoms with E-state index in [1.165, 1.54) is 41.8 Å². The molecule has 2 heterocycles. The Hall–Kier alpha value is -3.08. The van der Waals surface area contributed by atoms with Crippen molar-refractivity contribution in [3.05, 3.63) is 99.9 Å². The molecule has 4 aromatic rings. The van der Waals surface area contributed by atoms with E-state index >= 15 is 0 Å². The Bertz CT molecular complexity index is 1260. The molecule has 0 bridgehead atoms. The lowest BCUT2D eigenvalue weighted by molar-refractivity contribution is -0.120. The molecular weight excluding hydrogens is 469 g/mol. The molecule has 4 rings (SSSR count). The lowest BCUT2D eigenvalue weighted by atomic mass is 10.1. The summed E-state index contributed by atoms with van der Waals surface area (Å²) in [6.07, 6.45) is 1.48. The maximum absolute atomic E-state index is 13.4. The zero-order valence-corrected chi connectivity index (χ0v) is 19.0. The average molecular weight is 488 g/mol. The van der Waals surface area contributed by atoms with Gasteiger partial charge in [-0.2, -0.15) is 0 Å². The van der Waals surface area contributed by atoms with Gasteiger partial charge in [0.2, 0.25) is 5.91 Å². The Balaban J connectivity index is 1.62. The smallest absolute Gasteiger partial charge is 0.266 e. The van der Waals surface area contributed by atoms with Crippen molar-refractivity contribution in [3.63, 3.8) is 0 Å². The van der Waals surface area contributed by atoms with E-state index in [0.717, 1.165) is 20.5 Å². The minimum Gasteiger partial charge on any atom is -0.343 e. The van der Waals surface area contributed by atoms with Crippen molar-refractivity contribution in [3.8, 4) is 0 Å². The fourth-order valence-electron chi connectivity index (χ4n) is 3.08. The molecule has 0 fully saturated rings. The third-order valence-corrected chi connectivity index (χ3v) is 8.18. The lowest BCUT2D eigenvalue weighted by Gasteiger charge is -2.23. The van der Waals surface area contributed by atoms with Crippen LogP contribution in [0, 0.1) is 5.82 Å². The molecule has 2 aromatic carbocycles. The summed E-state index contributed by atoms with van der Waals surface area (Å²) < 4.78 is 40.9. The molecule has 6 nitrogen and oxygen atoms in total. The van der Waals surface area contributed by atoms with E-state index in [4.69, 9.17) is 0 Å². The van der Waals surface area contributed by atoms with Crippen LogP contribution in [-0.4, -0.2) is 25.9 Å². The van der Waals surface area contributed by atoms with Crippen LogP contribution < -0.4 is 9.62 Å². The van der Waals surface area contributed by atoms with Gasteiger partial charge in [0.25, 0.3) is 10.0 Å². The molecule has 0 aliphatic heterocycles. The van der Waals surface area contributed by atoms with Crippen molar-refractivity contribution in [2.24, 2.45) is 0 Å². The topological polar surface area (TPSA) is 79.4 Å². The average Bonchev–Trinajstić information content (AvgIpc) is 3.51. The molecule has 0 aliphatic rings. The van der Waals surface area contributed by atoms with Crippen molar-refractivity contribution in [2.45, 2.75) is 10.9 Å². The summed E-state index contributed by atoms with van der Waals surface area (Å²) in [5.41, 5.74) is 0.689. The van der Waals surface area contributed by atoms with Gasteiger partial charge in [0.05, 0.1) is 10.9 Å². The van der Waals surface area contributed by atoms with Crippen LogP contribution in [0.3, 0.4) is 0 Å². The first-order valence-corrected chi connectivity index (χ1v) is 12.7. The first kappa shape index (κ1) is 22.1. The van der Waals surface area contributed by atoms with Gasteiger partial charge in [0.15, 0.2) is 5.13 Å². The van der Waals surface area contributed by atoms with Crippen molar-refractivity contribution >= 4 is 43.7 Å². The molecule has 32 heavy (non-hydrogen) atoms.